The highest BCUT2D eigenvalue weighted by molar-refractivity contribution is 5.66. The average Bonchev–Trinajstić information content (AvgIpc) is 2.74. The fourth-order valence-electron chi connectivity index (χ4n) is 3.42. The van der Waals surface area contributed by atoms with Crippen LogP contribution in [0.1, 0.15) is 51.2 Å². The molecule has 0 saturated carbocycles. The molecule has 1 fully saturated rings. The Morgan fingerprint density at radius 2 is 1.76 bits per heavy atom. The van der Waals surface area contributed by atoms with E-state index in [1.165, 1.54) is 18.2 Å². The van der Waals surface area contributed by atoms with Gasteiger partial charge in [0, 0.05) is 17.7 Å². The van der Waals surface area contributed by atoms with Gasteiger partial charge in [-0.3, -0.25) is 0 Å². The Hall–Kier alpha value is -2.05. The molecule has 0 aromatic heterocycles. The minimum Gasteiger partial charge on any atom is -0.490 e. The van der Waals surface area contributed by atoms with Gasteiger partial charge in [0.15, 0.2) is 11.6 Å². The highest BCUT2D eigenvalue weighted by Gasteiger charge is 2.26. The summed E-state index contributed by atoms with van der Waals surface area (Å²) in [5.74, 6) is -2.74. The first-order valence-corrected chi connectivity index (χ1v) is 10.2. The molecular formula is C23H27F3O3. The van der Waals surface area contributed by atoms with Crippen LogP contribution in [-0.4, -0.2) is 25.9 Å². The molecule has 0 aliphatic carbocycles. The highest BCUT2D eigenvalue weighted by Crippen LogP contribution is 2.35. The molecule has 2 unspecified atom stereocenters. The van der Waals surface area contributed by atoms with E-state index in [1.807, 2.05) is 13.8 Å². The number of halogens is 3. The Bertz CT molecular complexity index is 817. The first-order chi connectivity index (χ1) is 14.0. The standard InChI is InChI=1S/C23H27F3O3/c1-3-11-27-16-6-9-20(29-14-16)18-7-5-15(13-19(18)24)17-8-10-21(28-12-4-2)23(26)22(17)25/h5,7-8,10,13,16,20H,3-4,6,9,11-12,14H2,1-2H3. The molecule has 1 aliphatic rings. The molecule has 1 saturated heterocycles. The summed E-state index contributed by atoms with van der Waals surface area (Å²) in [5, 5.41) is 0. The van der Waals surface area contributed by atoms with E-state index in [2.05, 4.69) is 0 Å². The summed E-state index contributed by atoms with van der Waals surface area (Å²) in [6.45, 7) is 5.33. The summed E-state index contributed by atoms with van der Waals surface area (Å²) in [7, 11) is 0. The predicted octanol–water partition coefficient (Wildman–Crippen LogP) is 6.21. The average molecular weight is 408 g/mol. The van der Waals surface area contributed by atoms with Crippen LogP contribution in [-0.2, 0) is 9.47 Å². The normalized spacial score (nSPS) is 19.3. The van der Waals surface area contributed by atoms with E-state index >= 15 is 0 Å². The van der Waals surface area contributed by atoms with Crippen LogP contribution in [0.25, 0.3) is 11.1 Å². The molecule has 0 radical (unpaired) electrons. The van der Waals surface area contributed by atoms with Crippen LogP contribution >= 0.6 is 0 Å². The largest absolute Gasteiger partial charge is 0.490 e. The second-order valence-corrected chi connectivity index (χ2v) is 7.22. The Balaban J connectivity index is 1.74. The first kappa shape index (κ1) is 21.7. The van der Waals surface area contributed by atoms with Crippen molar-refractivity contribution < 1.29 is 27.4 Å². The maximum Gasteiger partial charge on any atom is 0.201 e. The van der Waals surface area contributed by atoms with E-state index in [0.717, 1.165) is 12.8 Å². The van der Waals surface area contributed by atoms with E-state index in [1.54, 1.807) is 12.1 Å². The van der Waals surface area contributed by atoms with Crippen molar-refractivity contribution in [3.05, 3.63) is 53.3 Å². The minimum atomic E-state index is -1.06. The van der Waals surface area contributed by atoms with Crippen molar-refractivity contribution in [1.29, 1.82) is 0 Å². The SMILES string of the molecule is CCCOc1ccc(-c2ccc(C3CCC(OCCC)CO3)c(F)c2)c(F)c1F. The third-order valence-electron chi connectivity index (χ3n) is 4.96. The van der Waals surface area contributed by atoms with Crippen molar-refractivity contribution in [3.63, 3.8) is 0 Å². The van der Waals surface area contributed by atoms with E-state index in [0.29, 0.717) is 38.2 Å². The van der Waals surface area contributed by atoms with Crippen molar-refractivity contribution >= 4 is 0 Å². The number of rotatable bonds is 8. The van der Waals surface area contributed by atoms with Crippen molar-refractivity contribution in [2.45, 2.75) is 51.7 Å². The molecule has 0 bridgehead atoms. The Labute approximate surface area is 169 Å². The number of hydrogen-bond acceptors (Lipinski definition) is 3. The number of ether oxygens (including phenoxy) is 3. The Morgan fingerprint density at radius 3 is 2.41 bits per heavy atom. The van der Waals surface area contributed by atoms with Gasteiger partial charge in [-0.1, -0.05) is 26.0 Å². The quantitative estimate of drug-likeness (QED) is 0.520. The molecule has 0 N–H and O–H groups in total. The molecule has 0 spiro atoms. The molecule has 0 amide bonds. The van der Waals surface area contributed by atoms with Gasteiger partial charge in [-0.15, -0.1) is 0 Å². The smallest absolute Gasteiger partial charge is 0.201 e. The lowest BCUT2D eigenvalue weighted by Crippen LogP contribution is -2.28. The van der Waals surface area contributed by atoms with E-state index in [9.17, 15) is 13.2 Å². The number of hydrogen-bond donors (Lipinski definition) is 0. The lowest BCUT2D eigenvalue weighted by Gasteiger charge is -2.29. The van der Waals surface area contributed by atoms with Gasteiger partial charge in [0.2, 0.25) is 5.82 Å². The van der Waals surface area contributed by atoms with Gasteiger partial charge in [-0.25, -0.2) is 8.78 Å². The predicted molar refractivity (Wildman–Crippen MR) is 105 cm³/mol. The fraction of sp³-hybridized carbons (Fsp3) is 0.478. The van der Waals surface area contributed by atoms with E-state index < -0.39 is 17.5 Å². The monoisotopic (exact) mass is 408 g/mol. The molecule has 1 heterocycles. The zero-order chi connectivity index (χ0) is 20.8. The molecular weight excluding hydrogens is 381 g/mol. The van der Waals surface area contributed by atoms with Gasteiger partial charge < -0.3 is 14.2 Å². The summed E-state index contributed by atoms with van der Waals surface area (Å²) in [6, 6.07) is 7.18. The van der Waals surface area contributed by atoms with Crippen LogP contribution < -0.4 is 4.74 Å². The summed E-state index contributed by atoms with van der Waals surface area (Å²) in [6.07, 6.45) is 2.75. The maximum absolute atomic E-state index is 14.7. The third-order valence-corrected chi connectivity index (χ3v) is 4.96. The summed E-state index contributed by atoms with van der Waals surface area (Å²) >= 11 is 0. The zero-order valence-corrected chi connectivity index (χ0v) is 16.8. The van der Waals surface area contributed by atoms with Gasteiger partial charge in [-0.05, 0) is 49.4 Å². The Kier molecular flexibility index (Phi) is 7.56. The van der Waals surface area contributed by atoms with Crippen molar-refractivity contribution in [3.8, 4) is 16.9 Å². The van der Waals surface area contributed by atoms with Crippen molar-refractivity contribution in [2.75, 3.05) is 19.8 Å². The van der Waals surface area contributed by atoms with Crippen molar-refractivity contribution in [1.82, 2.24) is 0 Å². The van der Waals surface area contributed by atoms with Crippen LogP contribution in [0.15, 0.2) is 30.3 Å². The highest BCUT2D eigenvalue weighted by atomic mass is 19.2. The van der Waals surface area contributed by atoms with Gasteiger partial charge >= 0.3 is 0 Å². The van der Waals surface area contributed by atoms with E-state index in [4.69, 9.17) is 14.2 Å². The minimum absolute atomic E-state index is 0.00519. The van der Waals surface area contributed by atoms with Crippen LogP contribution in [0.4, 0.5) is 13.2 Å². The molecule has 2 aromatic carbocycles. The zero-order valence-electron chi connectivity index (χ0n) is 16.8. The topological polar surface area (TPSA) is 27.7 Å². The molecule has 1 aliphatic heterocycles. The first-order valence-electron chi connectivity index (χ1n) is 10.2. The van der Waals surface area contributed by atoms with Gasteiger partial charge in [0.1, 0.15) is 5.82 Å². The second kappa shape index (κ2) is 10.1. The Morgan fingerprint density at radius 1 is 0.966 bits per heavy atom. The van der Waals surface area contributed by atoms with Crippen molar-refractivity contribution in [2.24, 2.45) is 0 Å². The molecule has 3 nitrogen and oxygen atoms in total. The third kappa shape index (κ3) is 5.11. The molecule has 3 rings (SSSR count). The fourth-order valence-corrected chi connectivity index (χ4v) is 3.42. The number of benzene rings is 2. The van der Waals surface area contributed by atoms with Gasteiger partial charge in [0.05, 0.1) is 25.4 Å². The lowest BCUT2D eigenvalue weighted by molar-refractivity contribution is -0.0874. The molecule has 158 valence electrons. The van der Waals surface area contributed by atoms with E-state index in [-0.39, 0.29) is 29.1 Å². The molecule has 2 atom stereocenters. The summed E-state index contributed by atoms with van der Waals surface area (Å²) in [5.41, 5.74) is 0.686. The van der Waals surface area contributed by atoms with Gasteiger partial charge in [-0.2, -0.15) is 4.39 Å². The van der Waals surface area contributed by atoms with Crippen LogP contribution in [0.3, 0.4) is 0 Å². The summed E-state index contributed by atoms with van der Waals surface area (Å²) in [4.78, 5) is 0. The van der Waals surface area contributed by atoms with Crippen LogP contribution in [0.2, 0.25) is 0 Å². The van der Waals surface area contributed by atoms with Crippen LogP contribution in [0.5, 0.6) is 5.75 Å². The van der Waals surface area contributed by atoms with Gasteiger partial charge in [0.25, 0.3) is 0 Å². The van der Waals surface area contributed by atoms with Crippen LogP contribution in [0, 0.1) is 17.5 Å². The second-order valence-electron chi connectivity index (χ2n) is 7.22. The molecule has 2 aromatic rings. The molecule has 29 heavy (non-hydrogen) atoms. The lowest BCUT2D eigenvalue weighted by atomic mass is 9.96. The maximum atomic E-state index is 14.7. The summed E-state index contributed by atoms with van der Waals surface area (Å²) < 4.78 is 60.1. The molecule has 6 heteroatoms.